The Kier molecular flexibility index (Phi) is 1.45. The Morgan fingerprint density at radius 1 is 1.20 bits per heavy atom. The number of nitrogens with zero attached hydrogens (tertiary/aromatic N) is 1. The van der Waals surface area contributed by atoms with E-state index in [1.165, 1.54) is 31.9 Å². The van der Waals surface area contributed by atoms with Gasteiger partial charge in [-0.15, -0.1) is 0 Å². The van der Waals surface area contributed by atoms with Crippen LogP contribution in [0.4, 0.5) is 0 Å². The van der Waals surface area contributed by atoms with Crippen molar-refractivity contribution in [2.24, 2.45) is 11.8 Å². The molecule has 0 spiro atoms. The van der Waals surface area contributed by atoms with Gasteiger partial charge in [-0.1, -0.05) is 31.9 Å². The SMILES string of the molecule is N#CB1CC2CCCC2C1. The van der Waals surface area contributed by atoms with E-state index < -0.39 is 0 Å². The molecule has 1 saturated carbocycles. The second-order valence-electron chi connectivity index (χ2n) is 3.75. The van der Waals surface area contributed by atoms with E-state index in [0.29, 0.717) is 6.71 Å². The predicted octanol–water partition coefficient (Wildman–Crippen LogP) is 1.97. The van der Waals surface area contributed by atoms with Crippen LogP contribution in [0.1, 0.15) is 19.3 Å². The third-order valence-electron chi connectivity index (χ3n) is 3.17. The maximum absolute atomic E-state index is 8.67. The average Bonchev–Trinajstić information content (AvgIpc) is 2.42. The molecule has 2 rings (SSSR count). The topological polar surface area (TPSA) is 23.8 Å². The quantitative estimate of drug-likeness (QED) is 0.463. The first-order chi connectivity index (χ1) is 4.90. The number of fused-ring (bicyclic) bond motifs is 1. The highest BCUT2D eigenvalue weighted by Crippen LogP contribution is 2.44. The molecule has 1 aliphatic carbocycles. The Balaban J connectivity index is 2.01. The molecule has 1 saturated heterocycles. The van der Waals surface area contributed by atoms with Crippen LogP contribution in [0.5, 0.6) is 0 Å². The number of rotatable bonds is 0. The van der Waals surface area contributed by atoms with Gasteiger partial charge < -0.3 is 0 Å². The van der Waals surface area contributed by atoms with Crippen LogP contribution < -0.4 is 0 Å². The van der Waals surface area contributed by atoms with Crippen molar-refractivity contribution in [1.82, 2.24) is 0 Å². The van der Waals surface area contributed by atoms with Gasteiger partial charge in [0, 0.05) is 5.97 Å². The second kappa shape index (κ2) is 2.30. The van der Waals surface area contributed by atoms with E-state index in [0.717, 1.165) is 11.8 Å². The van der Waals surface area contributed by atoms with Crippen molar-refractivity contribution in [2.75, 3.05) is 0 Å². The van der Waals surface area contributed by atoms with Gasteiger partial charge in [0.25, 0.3) is 6.71 Å². The Labute approximate surface area is 62.5 Å². The summed E-state index contributed by atoms with van der Waals surface area (Å²) in [6.45, 7) is 0.412. The Bertz CT molecular complexity index is 161. The smallest absolute Gasteiger partial charge is 0.213 e. The van der Waals surface area contributed by atoms with Gasteiger partial charge in [-0.3, -0.25) is 0 Å². The summed E-state index contributed by atoms with van der Waals surface area (Å²) in [4.78, 5) is 0. The monoisotopic (exact) mass is 133 g/mol. The average molecular weight is 133 g/mol. The minimum Gasteiger partial charge on any atom is -0.213 e. The van der Waals surface area contributed by atoms with Gasteiger partial charge in [-0.2, -0.15) is 0 Å². The summed E-state index contributed by atoms with van der Waals surface area (Å²) in [5.74, 6) is 4.26. The molecular weight excluding hydrogens is 121 g/mol. The molecule has 0 bridgehead atoms. The van der Waals surface area contributed by atoms with E-state index >= 15 is 0 Å². The Morgan fingerprint density at radius 3 is 2.30 bits per heavy atom. The second-order valence-corrected chi connectivity index (χ2v) is 3.75. The summed E-state index contributed by atoms with van der Waals surface area (Å²) < 4.78 is 0. The van der Waals surface area contributed by atoms with Crippen LogP contribution in [0.25, 0.3) is 0 Å². The summed E-state index contributed by atoms with van der Waals surface area (Å²) in [7, 11) is 0. The van der Waals surface area contributed by atoms with Crippen molar-refractivity contribution in [3.8, 4) is 5.97 Å². The molecule has 52 valence electrons. The van der Waals surface area contributed by atoms with E-state index in [1.807, 2.05) is 0 Å². The van der Waals surface area contributed by atoms with Crippen LogP contribution in [0, 0.1) is 23.1 Å². The normalized spacial score (nSPS) is 37.7. The van der Waals surface area contributed by atoms with E-state index in [4.69, 9.17) is 5.26 Å². The van der Waals surface area contributed by atoms with E-state index in [-0.39, 0.29) is 0 Å². The maximum atomic E-state index is 8.67. The summed E-state index contributed by atoms with van der Waals surface area (Å²) in [6, 6.07) is 0. The van der Waals surface area contributed by atoms with E-state index in [9.17, 15) is 0 Å². The van der Waals surface area contributed by atoms with Gasteiger partial charge in [-0.25, -0.2) is 5.26 Å². The molecule has 0 radical (unpaired) electrons. The van der Waals surface area contributed by atoms with Crippen LogP contribution in [0.15, 0.2) is 0 Å². The maximum Gasteiger partial charge on any atom is 0.268 e. The highest BCUT2D eigenvalue weighted by molar-refractivity contribution is 6.67. The van der Waals surface area contributed by atoms with Crippen LogP contribution in [0.2, 0.25) is 12.6 Å². The third-order valence-corrected chi connectivity index (χ3v) is 3.17. The van der Waals surface area contributed by atoms with Crippen molar-refractivity contribution < 1.29 is 0 Å². The standard InChI is InChI=1S/C8H12BN/c10-6-9-4-7-2-1-3-8(7)5-9/h7-8H,1-5H2. The zero-order chi connectivity index (χ0) is 6.97. The lowest BCUT2D eigenvalue weighted by atomic mass is 9.49. The van der Waals surface area contributed by atoms with E-state index in [1.54, 1.807) is 0 Å². The van der Waals surface area contributed by atoms with Crippen LogP contribution in [0.3, 0.4) is 0 Å². The highest BCUT2D eigenvalue weighted by Gasteiger charge is 2.39. The van der Waals surface area contributed by atoms with Crippen molar-refractivity contribution in [3.05, 3.63) is 0 Å². The molecule has 0 N–H and O–H groups in total. The lowest BCUT2D eigenvalue weighted by Crippen LogP contribution is -2.03. The van der Waals surface area contributed by atoms with Gasteiger partial charge in [0.05, 0.1) is 0 Å². The molecule has 2 fully saturated rings. The summed E-state index contributed by atoms with van der Waals surface area (Å²) in [6.07, 6.45) is 6.65. The molecule has 0 amide bonds. The zero-order valence-electron chi connectivity index (χ0n) is 6.21. The Hall–Kier alpha value is -0.445. The van der Waals surface area contributed by atoms with Crippen molar-refractivity contribution in [1.29, 1.82) is 5.26 Å². The highest BCUT2D eigenvalue weighted by atomic mass is 14.3. The molecule has 1 heterocycles. The fraction of sp³-hybridized carbons (Fsp3) is 0.875. The van der Waals surface area contributed by atoms with Gasteiger partial charge in [0.1, 0.15) is 0 Å². The van der Waals surface area contributed by atoms with Gasteiger partial charge in [-0.05, 0) is 11.8 Å². The molecule has 1 aliphatic heterocycles. The summed E-state index contributed by atoms with van der Waals surface area (Å²) >= 11 is 0. The van der Waals surface area contributed by atoms with Gasteiger partial charge >= 0.3 is 0 Å². The molecule has 10 heavy (non-hydrogen) atoms. The lowest BCUT2D eigenvalue weighted by Gasteiger charge is -2.05. The molecule has 0 aromatic heterocycles. The van der Waals surface area contributed by atoms with Crippen molar-refractivity contribution in [3.63, 3.8) is 0 Å². The number of hydrogen-bond acceptors (Lipinski definition) is 1. The zero-order valence-corrected chi connectivity index (χ0v) is 6.21. The van der Waals surface area contributed by atoms with E-state index in [2.05, 4.69) is 5.97 Å². The van der Waals surface area contributed by atoms with Crippen molar-refractivity contribution >= 4 is 6.71 Å². The van der Waals surface area contributed by atoms with Crippen molar-refractivity contribution in [2.45, 2.75) is 31.9 Å². The molecule has 2 heteroatoms. The molecule has 2 atom stereocenters. The third kappa shape index (κ3) is 0.849. The van der Waals surface area contributed by atoms with Gasteiger partial charge in [0.2, 0.25) is 0 Å². The summed E-state index contributed by atoms with van der Waals surface area (Å²) in [5, 5.41) is 8.67. The number of nitriles is 1. The predicted molar refractivity (Wildman–Crippen MR) is 41.8 cm³/mol. The molecule has 2 aliphatic rings. The fourth-order valence-electron chi connectivity index (χ4n) is 2.67. The minimum absolute atomic E-state index is 0.412. The van der Waals surface area contributed by atoms with Crippen LogP contribution in [-0.2, 0) is 0 Å². The minimum atomic E-state index is 0.412. The Morgan fingerprint density at radius 2 is 1.80 bits per heavy atom. The molecule has 0 aromatic carbocycles. The lowest BCUT2D eigenvalue weighted by molar-refractivity contribution is 0.486. The van der Waals surface area contributed by atoms with Crippen LogP contribution >= 0.6 is 0 Å². The first-order valence-electron chi connectivity index (χ1n) is 4.30. The molecule has 2 unspecified atom stereocenters. The summed E-state index contributed by atoms with van der Waals surface area (Å²) in [5.41, 5.74) is 0. The molecule has 1 nitrogen and oxygen atoms in total. The number of hydrogen-bond donors (Lipinski definition) is 0. The first-order valence-corrected chi connectivity index (χ1v) is 4.30. The molecule has 0 aromatic rings. The van der Waals surface area contributed by atoms with Gasteiger partial charge in [0.15, 0.2) is 0 Å². The first kappa shape index (κ1) is 6.28. The molecular formula is C8H12BN. The largest absolute Gasteiger partial charge is 0.268 e. The van der Waals surface area contributed by atoms with Crippen LogP contribution in [-0.4, -0.2) is 6.71 Å². The fourth-order valence-corrected chi connectivity index (χ4v) is 2.67.